The van der Waals surface area contributed by atoms with E-state index in [0.717, 1.165) is 12.8 Å². The van der Waals surface area contributed by atoms with Gasteiger partial charge in [-0.2, -0.15) is 0 Å². The van der Waals surface area contributed by atoms with Gasteiger partial charge in [0.1, 0.15) is 6.33 Å². The highest BCUT2D eigenvalue weighted by Crippen LogP contribution is 2.27. The lowest BCUT2D eigenvalue weighted by atomic mass is 9.82. The molecule has 1 N–H and O–H groups in total. The van der Waals surface area contributed by atoms with E-state index in [9.17, 15) is 4.79 Å². The van der Waals surface area contributed by atoms with E-state index < -0.39 is 0 Å². The molecule has 1 aromatic heterocycles. The average molecular weight is 209 g/mol. The monoisotopic (exact) mass is 209 g/mol. The van der Waals surface area contributed by atoms with Crippen LogP contribution in [0.25, 0.3) is 0 Å². The zero-order valence-corrected chi connectivity index (χ0v) is 8.71. The van der Waals surface area contributed by atoms with Crippen molar-refractivity contribution in [1.82, 2.24) is 14.5 Å². The van der Waals surface area contributed by atoms with Crippen LogP contribution in [-0.2, 0) is 0 Å². The van der Waals surface area contributed by atoms with Crippen molar-refractivity contribution in [2.45, 2.75) is 18.9 Å². The fourth-order valence-electron chi connectivity index (χ4n) is 1.88. The summed E-state index contributed by atoms with van der Waals surface area (Å²) in [6.07, 6.45) is 6.16. The van der Waals surface area contributed by atoms with E-state index in [1.165, 1.54) is 10.9 Å². The van der Waals surface area contributed by atoms with Gasteiger partial charge in [0.15, 0.2) is 0 Å². The molecule has 0 aromatic carbocycles. The van der Waals surface area contributed by atoms with Crippen LogP contribution < -0.4 is 0 Å². The number of aliphatic hydroxyl groups is 1. The van der Waals surface area contributed by atoms with Gasteiger partial charge in [-0.25, -0.2) is 9.78 Å². The zero-order valence-electron chi connectivity index (χ0n) is 8.71. The highest BCUT2D eigenvalue weighted by molar-refractivity contribution is 5.76. The first-order valence-electron chi connectivity index (χ1n) is 5.08. The summed E-state index contributed by atoms with van der Waals surface area (Å²) in [5.41, 5.74) is 0. The molecule has 0 spiro atoms. The van der Waals surface area contributed by atoms with Crippen molar-refractivity contribution in [1.29, 1.82) is 0 Å². The van der Waals surface area contributed by atoms with Crippen LogP contribution in [0.4, 0.5) is 4.79 Å². The van der Waals surface area contributed by atoms with Crippen molar-refractivity contribution in [3.05, 3.63) is 18.7 Å². The summed E-state index contributed by atoms with van der Waals surface area (Å²) < 4.78 is 1.45. The normalized spacial score (nSPS) is 24.7. The van der Waals surface area contributed by atoms with E-state index in [1.54, 1.807) is 24.3 Å². The number of hydrogen-bond acceptors (Lipinski definition) is 3. The van der Waals surface area contributed by atoms with Crippen LogP contribution in [0, 0.1) is 5.92 Å². The van der Waals surface area contributed by atoms with E-state index >= 15 is 0 Å². The molecule has 0 atom stereocenters. The van der Waals surface area contributed by atoms with E-state index in [-0.39, 0.29) is 12.1 Å². The van der Waals surface area contributed by atoms with Crippen molar-refractivity contribution < 1.29 is 9.90 Å². The van der Waals surface area contributed by atoms with Crippen LogP contribution in [0.15, 0.2) is 18.7 Å². The topological polar surface area (TPSA) is 58.4 Å². The molecule has 0 aliphatic heterocycles. The molecule has 82 valence electrons. The summed E-state index contributed by atoms with van der Waals surface area (Å²) in [7, 11) is 1.77. The smallest absolute Gasteiger partial charge is 0.329 e. The van der Waals surface area contributed by atoms with Crippen molar-refractivity contribution in [3.8, 4) is 0 Å². The van der Waals surface area contributed by atoms with Gasteiger partial charge in [-0.15, -0.1) is 0 Å². The molecule has 1 amide bonds. The second-order valence-electron chi connectivity index (χ2n) is 4.12. The van der Waals surface area contributed by atoms with Gasteiger partial charge in [-0.1, -0.05) is 0 Å². The number of aliphatic hydroxyl groups excluding tert-OH is 1. The molecule has 0 bridgehead atoms. The summed E-state index contributed by atoms with van der Waals surface area (Å²) in [6.45, 7) is 0.702. The summed E-state index contributed by atoms with van der Waals surface area (Å²) in [5.74, 6) is 0.442. The summed E-state index contributed by atoms with van der Waals surface area (Å²) in [5, 5.41) is 9.14. The van der Waals surface area contributed by atoms with E-state index in [2.05, 4.69) is 4.98 Å². The molecule has 15 heavy (non-hydrogen) atoms. The SMILES string of the molecule is CN(CC1CC(O)C1)C(=O)n1ccnc1. The number of hydrogen-bond donors (Lipinski definition) is 1. The van der Waals surface area contributed by atoms with Gasteiger partial charge in [-0.05, 0) is 18.8 Å². The second kappa shape index (κ2) is 4.02. The Morgan fingerprint density at radius 2 is 2.40 bits per heavy atom. The number of aromatic nitrogens is 2. The maximum absolute atomic E-state index is 11.7. The minimum atomic E-state index is -0.160. The Kier molecular flexibility index (Phi) is 2.73. The molecule has 0 unspecified atom stereocenters. The summed E-state index contributed by atoms with van der Waals surface area (Å²) in [4.78, 5) is 17.2. The molecule has 1 aliphatic carbocycles. The maximum atomic E-state index is 11.7. The Hall–Kier alpha value is -1.36. The Balaban J connectivity index is 1.86. The number of nitrogens with zero attached hydrogens (tertiary/aromatic N) is 3. The van der Waals surface area contributed by atoms with Crippen molar-refractivity contribution in [3.63, 3.8) is 0 Å². The van der Waals surface area contributed by atoms with Gasteiger partial charge in [0.2, 0.25) is 0 Å². The number of imidazole rings is 1. The Labute approximate surface area is 88.3 Å². The number of carbonyl (C=O) groups excluding carboxylic acids is 1. The first-order valence-corrected chi connectivity index (χ1v) is 5.08. The van der Waals surface area contributed by atoms with E-state index in [4.69, 9.17) is 5.11 Å². The van der Waals surface area contributed by atoms with Gasteiger partial charge in [-0.3, -0.25) is 4.57 Å². The third-order valence-electron chi connectivity index (χ3n) is 2.79. The number of amides is 1. The van der Waals surface area contributed by atoms with Crippen LogP contribution in [0.3, 0.4) is 0 Å². The summed E-state index contributed by atoms with van der Waals surface area (Å²) in [6, 6.07) is -0.0751. The predicted octanol–water partition coefficient (Wildman–Crippen LogP) is 0.554. The lowest BCUT2D eigenvalue weighted by Gasteiger charge is -2.34. The standard InChI is InChI=1S/C10H15N3O2/c1-12(6-8-4-9(14)5-8)10(15)13-3-2-11-7-13/h2-3,7-9,14H,4-6H2,1H3. The fourth-order valence-corrected chi connectivity index (χ4v) is 1.88. The molecule has 2 rings (SSSR count). The third kappa shape index (κ3) is 2.18. The van der Waals surface area contributed by atoms with E-state index in [0.29, 0.717) is 12.5 Å². The lowest BCUT2D eigenvalue weighted by Crippen LogP contribution is -2.40. The number of rotatable bonds is 2. The van der Waals surface area contributed by atoms with Gasteiger partial charge in [0.05, 0.1) is 6.10 Å². The minimum Gasteiger partial charge on any atom is -0.393 e. The van der Waals surface area contributed by atoms with Gasteiger partial charge >= 0.3 is 6.03 Å². The van der Waals surface area contributed by atoms with Crippen molar-refractivity contribution in [2.24, 2.45) is 5.92 Å². The summed E-state index contributed by atoms with van der Waals surface area (Å²) >= 11 is 0. The van der Waals surface area contributed by atoms with Crippen LogP contribution in [0.2, 0.25) is 0 Å². The highest BCUT2D eigenvalue weighted by Gasteiger charge is 2.29. The molecule has 1 aromatic rings. The van der Waals surface area contributed by atoms with Gasteiger partial charge < -0.3 is 10.0 Å². The maximum Gasteiger partial charge on any atom is 0.329 e. The van der Waals surface area contributed by atoms with Crippen molar-refractivity contribution >= 4 is 6.03 Å². The zero-order chi connectivity index (χ0) is 10.8. The molecule has 5 nitrogen and oxygen atoms in total. The second-order valence-corrected chi connectivity index (χ2v) is 4.12. The average Bonchev–Trinajstić information content (AvgIpc) is 2.66. The van der Waals surface area contributed by atoms with E-state index in [1.807, 2.05) is 0 Å². The first kappa shape index (κ1) is 10.2. The quantitative estimate of drug-likeness (QED) is 0.774. The molecular formula is C10H15N3O2. The van der Waals surface area contributed by atoms with Gasteiger partial charge in [0.25, 0.3) is 0 Å². The Bertz CT molecular complexity index is 330. The number of carbonyl (C=O) groups is 1. The molecule has 1 saturated carbocycles. The van der Waals surface area contributed by atoms with Crippen LogP contribution in [0.1, 0.15) is 12.8 Å². The minimum absolute atomic E-state index is 0.0751. The predicted molar refractivity (Wildman–Crippen MR) is 54.4 cm³/mol. The third-order valence-corrected chi connectivity index (χ3v) is 2.79. The molecule has 0 radical (unpaired) electrons. The molecule has 5 heteroatoms. The highest BCUT2D eigenvalue weighted by atomic mass is 16.3. The molecule has 1 fully saturated rings. The van der Waals surface area contributed by atoms with Crippen LogP contribution in [-0.4, -0.2) is 45.3 Å². The Morgan fingerprint density at radius 3 is 2.93 bits per heavy atom. The van der Waals surface area contributed by atoms with Crippen LogP contribution in [0.5, 0.6) is 0 Å². The molecule has 0 saturated heterocycles. The fraction of sp³-hybridized carbons (Fsp3) is 0.600. The largest absolute Gasteiger partial charge is 0.393 e. The molecule has 1 heterocycles. The van der Waals surface area contributed by atoms with Crippen LogP contribution >= 0.6 is 0 Å². The van der Waals surface area contributed by atoms with Crippen molar-refractivity contribution in [2.75, 3.05) is 13.6 Å². The van der Waals surface area contributed by atoms with Gasteiger partial charge in [0, 0.05) is 26.0 Å². The Morgan fingerprint density at radius 1 is 1.67 bits per heavy atom. The lowest BCUT2D eigenvalue weighted by molar-refractivity contribution is 0.0326. The molecule has 1 aliphatic rings. The first-order chi connectivity index (χ1) is 7.16. The molecular weight excluding hydrogens is 194 g/mol.